The molecule has 0 saturated carbocycles. The number of unbranched alkanes of at least 4 members (excludes halogenated alkanes) is 3. The predicted octanol–water partition coefficient (Wildman–Crippen LogP) is 7.48. The standard InChI is InChI=1S/C34H65N3O4/c1-29(2,3)26(38)33(13,35-31(7,8)9)22-20-18-16-17-19-21-25-41-28(40)37(15)24-23-34(14,36-32(10,11)12)27(39)30(4,5)6/h19,21,35-36H,16-18,20,22-25H2,1-15H3/b21-19+/t33-,34+/m0/s1. The van der Waals surface area contributed by atoms with Crippen molar-refractivity contribution in [2.75, 3.05) is 20.2 Å². The Morgan fingerprint density at radius 1 is 0.634 bits per heavy atom. The molecule has 0 bridgehead atoms. The first-order valence-corrected chi connectivity index (χ1v) is 15.4. The van der Waals surface area contributed by atoms with Crippen LogP contribution in [-0.4, -0.2) is 64.9 Å². The molecule has 0 rings (SSSR count). The zero-order valence-electron chi connectivity index (χ0n) is 29.4. The molecule has 0 spiro atoms. The lowest BCUT2D eigenvalue weighted by Crippen LogP contribution is -2.60. The maximum absolute atomic E-state index is 13.2. The summed E-state index contributed by atoms with van der Waals surface area (Å²) in [6, 6.07) is 0. The van der Waals surface area contributed by atoms with Crippen LogP contribution in [0.1, 0.15) is 135 Å². The maximum Gasteiger partial charge on any atom is 0.409 e. The number of ketones is 2. The fourth-order valence-corrected chi connectivity index (χ4v) is 5.59. The van der Waals surface area contributed by atoms with Crippen LogP contribution in [0.4, 0.5) is 4.79 Å². The largest absolute Gasteiger partial charge is 0.445 e. The average Bonchev–Trinajstić information content (AvgIpc) is 2.76. The quantitative estimate of drug-likeness (QED) is 0.154. The topological polar surface area (TPSA) is 87.7 Å². The Morgan fingerprint density at radius 3 is 1.49 bits per heavy atom. The number of carbonyl (C=O) groups is 3. The number of hydrogen-bond acceptors (Lipinski definition) is 6. The van der Waals surface area contributed by atoms with Crippen LogP contribution in [0.2, 0.25) is 0 Å². The van der Waals surface area contributed by atoms with Gasteiger partial charge in [0.05, 0.1) is 11.1 Å². The van der Waals surface area contributed by atoms with E-state index in [9.17, 15) is 14.4 Å². The molecule has 0 fully saturated rings. The lowest BCUT2D eigenvalue weighted by molar-refractivity contribution is -0.134. The van der Waals surface area contributed by atoms with Gasteiger partial charge in [0, 0.05) is 35.5 Å². The van der Waals surface area contributed by atoms with Gasteiger partial charge in [0.2, 0.25) is 0 Å². The summed E-state index contributed by atoms with van der Waals surface area (Å²) in [7, 11) is 1.71. The van der Waals surface area contributed by atoms with Crippen molar-refractivity contribution in [3.05, 3.63) is 12.2 Å². The number of ether oxygens (including phenoxy) is 1. The Hall–Kier alpha value is -1.73. The Morgan fingerprint density at radius 2 is 1.07 bits per heavy atom. The van der Waals surface area contributed by atoms with Gasteiger partial charge in [-0.3, -0.25) is 9.59 Å². The number of rotatable bonds is 15. The highest BCUT2D eigenvalue weighted by molar-refractivity contribution is 5.93. The summed E-state index contributed by atoms with van der Waals surface area (Å²) in [4.78, 5) is 40.5. The Labute approximate surface area is 253 Å². The van der Waals surface area contributed by atoms with E-state index in [4.69, 9.17) is 4.74 Å². The van der Waals surface area contributed by atoms with Crippen molar-refractivity contribution in [2.45, 2.75) is 158 Å². The number of amides is 1. The third kappa shape index (κ3) is 15.3. The van der Waals surface area contributed by atoms with E-state index in [0.717, 1.165) is 32.1 Å². The summed E-state index contributed by atoms with van der Waals surface area (Å²) >= 11 is 0. The highest BCUT2D eigenvalue weighted by atomic mass is 16.6. The molecule has 1 amide bonds. The minimum absolute atomic E-state index is 0.125. The van der Waals surface area contributed by atoms with Crippen molar-refractivity contribution in [1.82, 2.24) is 15.5 Å². The average molecular weight is 580 g/mol. The van der Waals surface area contributed by atoms with Crippen LogP contribution in [0.25, 0.3) is 0 Å². The molecule has 2 N–H and O–H groups in total. The first kappa shape index (κ1) is 39.3. The molecule has 7 heteroatoms. The van der Waals surface area contributed by atoms with Crippen LogP contribution in [0.5, 0.6) is 0 Å². The molecule has 0 saturated heterocycles. The second kappa shape index (κ2) is 15.1. The van der Waals surface area contributed by atoms with Gasteiger partial charge in [-0.25, -0.2) is 4.79 Å². The van der Waals surface area contributed by atoms with Crippen LogP contribution >= 0.6 is 0 Å². The van der Waals surface area contributed by atoms with E-state index in [2.05, 4.69) is 31.4 Å². The number of allylic oxidation sites excluding steroid dienone is 1. The molecule has 0 aromatic heterocycles. The first-order valence-electron chi connectivity index (χ1n) is 15.4. The summed E-state index contributed by atoms with van der Waals surface area (Å²) in [6.07, 6.45) is 8.74. The number of nitrogens with zero attached hydrogens (tertiary/aromatic N) is 1. The van der Waals surface area contributed by atoms with Gasteiger partial charge >= 0.3 is 6.09 Å². The summed E-state index contributed by atoms with van der Waals surface area (Å²) < 4.78 is 5.42. The number of hydrogen-bond donors (Lipinski definition) is 2. The van der Waals surface area contributed by atoms with Gasteiger partial charge in [0.15, 0.2) is 11.6 Å². The summed E-state index contributed by atoms with van der Waals surface area (Å²) in [6.45, 7) is 28.8. The second-order valence-electron chi connectivity index (χ2n) is 16.4. The number of nitrogens with one attached hydrogen (secondary N) is 2. The monoisotopic (exact) mass is 579 g/mol. The molecule has 0 aliphatic heterocycles. The van der Waals surface area contributed by atoms with Crippen molar-refractivity contribution in [1.29, 1.82) is 0 Å². The highest BCUT2D eigenvalue weighted by Gasteiger charge is 2.42. The van der Waals surface area contributed by atoms with Gasteiger partial charge < -0.3 is 20.3 Å². The molecule has 41 heavy (non-hydrogen) atoms. The third-order valence-corrected chi connectivity index (χ3v) is 6.94. The molecule has 7 nitrogen and oxygen atoms in total. The molecule has 240 valence electrons. The van der Waals surface area contributed by atoms with E-state index in [1.54, 1.807) is 7.05 Å². The van der Waals surface area contributed by atoms with Crippen LogP contribution in [-0.2, 0) is 14.3 Å². The van der Waals surface area contributed by atoms with Crippen LogP contribution in [0.3, 0.4) is 0 Å². The molecule has 0 unspecified atom stereocenters. The molecule has 0 aromatic carbocycles. The SMILES string of the molecule is CN(CC[C@@](C)(NC(C)(C)C)C(=O)C(C)(C)C)C(=O)OC/C=C/CCCCC[C@](C)(NC(C)(C)C)C(=O)C(C)(C)C. The lowest BCUT2D eigenvalue weighted by atomic mass is 9.75. The first-order chi connectivity index (χ1) is 18.2. The smallest absolute Gasteiger partial charge is 0.409 e. The summed E-state index contributed by atoms with van der Waals surface area (Å²) in [5, 5.41) is 7.06. The van der Waals surface area contributed by atoms with E-state index in [-0.39, 0.29) is 29.3 Å². The molecular weight excluding hydrogens is 514 g/mol. The Balaban J connectivity index is 4.68. The van der Waals surface area contributed by atoms with E-state index in [0.29, 0.717) is 13.0 Å². The molecule has 0 aromatic rings. The molecule has 0 aliphatic carbocycles. The summed E-state index contributed by atoms with van der Waals surface area (Å²) in [5.41, 5.74) is -2.58. The van der Waals surface area contributed by atoms with E-state index in [1.807, 2.05) is 88.3 Å². The highest BCUT2D eigenvalue weighted by Crippen LogP contribution is 2.30. The van der Waals surface area contributed by atoms with Gasteiger partial charge in [-0.05, 0) is 81.1 Å². The Bertz CT molecular complexity index is 884. The van der Waals surface area contributed by atoms with Gasteiger partial charge in [0.25, 0.3) is 0 Å². The van der Waals surface area contributed by atoms with Crippen molar-refractivity contribution >= 4 is 17.7 Å². The van der Waals surface area contributed by atoms with E-state index < -0.39 is 28.0 Å². The maximum atomic E-state index is 13.2. The van der Waals surface area contributed by atoms with Gasteiger partial charge in [-0.15, -0.1) is 0 Å². The minimum atomic E-state index is -0.759. The van der Waals surface area contributed by atoms with E-state index in [1.165, 1.54) is 4.90 Å². The van der Waals surface area contributed by atoms with Gasteiger partial charge in [-0.2, -0.15) is 0 Å². The minimum Gasteiger partial charge on any atom is -0.445 e. The Kier molecular flexibility index (Phi) is 14.5. The molecule has 0 aliphatic rings. The predicted molar refractivity (Wildman–Crippen MR) is 172 cm³/mol. The third-order valence-electron chi connectivity index (χ3n) is 6.94. The zero-order chi connectivity index (χ0) is 32.5. The zero-order valence-corrected chi connectivity index (χ0v) is 29.4. The molecule has 0 radical (unpaired) electrons. The van der Waals surface area contributed by atoms with E-state index >= 15 is 0 Å². The fraction of sp³-hybridized carbons (Fsp3) is 0.853. The van der Waals surface area contributed by atoms with Crippen molar-refractivity contribution < 1.29 is 19.1 Å². The van der Waals surface area contributed by atoms with Crippen molar-refractivity contribution in [3.63, 3.8) is 0 Å². The molecule has 0 heterocycles. The summed E-state index contributed by atoms with van der Waals surface area (Å²) in [5.74, 6) is 0.378. The second-order valence-corrected chi connectivity index (χ2v) is 16.4. The van der Waals surface area contributed by atoms with Crippen molar-refractivity contribution in [2.24, 2.45) is 10.8 Å². The van der Waals surface area contributed by atoms with Gasteiger partial charge in [-0.1, -0.05) is 66.5 Å². The van der Waals surface area contributed by atoms with Crippen LogP contribution in [0, 0.1) is 10.8 Å². The lowest BCUT2D eigenvalue weighted by Gasteiger charge is -2.41. The number of carbonyl (C=O) groups excluding carboxylic acids is 3. The number of Topliss-reactive ketones (excluding diaryl/α,β-unsaturated/α-hetero) is 2. The van der Waals surface area contributed by atoms with Crippen LogP contribution < -0.4 is 10.6 Å². The van der Waals surface area contributed by atoms with Gasteiger partial charge in [0.1, 0.15) is 6.61 Å². The molecule has 2 atom stereocenters. The van der Waals surface area contributed by atoms with Crippen LogP contribution in [0.15, 0.2) is 12.2 Å². The fourth-order valence-electron chi connectivity index (χ4n) is 5.59. The normalized spacial score (nSPS) is 16.3. The molecular formula is C34H65N3O4. The van der Waals surface area contributed by atoms with Crippen molar-refractivity contribution in [3.8, 4) is 0 Å².